The molecule has 0 aromatic rings. The van der Waals surface area contributed by atoms with Crippen LogP contribution in [-0.2, 0) is 9.47 Å². The summed E-state index contributed by atoms with van der Waals surface area (Å²) in [6.45, 7) is 2.71. The molecule has 0 radical (unpaired) electrons. The highest BCUT2D eigenvalue weighted by molar-refractivity contribution is 4.88. The summed E-state index contributed by atoms with van der Waals surface area (Å²) >= 11 is 0. The van der Waals surface area contributed by atoms with Crippen LogP contribution in [0.15, 0.2) is 12.2 Å². The number of ether oxygens (including phenoxy) is 2. The Hall–Kier alpha value is -0.460. The van der Waals surface area contributed by atoms with E-state index in [1.165, 1.54) is 89.9 Å². The van der Waals surface area contributed by atoms with E-state index in [2.05, 4.69) is 19.1 Å². The van der Waals surface area contributed by atoms with E-state index >= 15 is 0 Å². The fourth-order valence-corrected chi connectivity index (χ4v) is 4.15. The lowest BCUT2D eigenvalue weighted by Gasteiger charge is -2.20. The summed E-state index contributed by atoms with van der Waals surface area (Å²) in [7, 11) is 0. The largest absolute Gasteiger partial charge is 0.394 e. The molecule has 1 fully saturated rings. The van der Waals surface area contributed by atoms with E-state index in [0.717, 1.165) is 12.8 Å². The molecule has 0 aromatic heterocycles. The quantitative estimate of drug-likeness (QED) is 0.166. The maximum Gasteiger partial charge on any atom is 0.114 e. The highest BCUT2D eigenvalue weighted by Gasteiger charge is 2.40. The predicted molar refractivity (Wildman–Crippen MR) is 127 cm³/mol. The first-order chi connectivity index (χ1) is 15.2. The van der Waals surface area contributed by atoms with E-state index < -0.39 is 31.0 Å². The number of aliphatic hydroxyl groups is 3. The van der Waals surface area contributed by atoms with Crippen molar-refractivity contribution in [3.63, 3.8) is 0 Å². The molecule has 0 amide bonds. The van der Waals surface area contributed by atoms with Gasteiger partial charge in [-0.15, -0.1) is 0 Å². The number of hydrogen-bond donors (Lipinski definition) is 3. The third kappa shape index (κ3) is 14.3. The lowest BCUT2D eigenvalue weighted by atomic mass is 10.0. The van der Waals surface area contributed by atoms with Crippen LogP contribution < -0.4 is 0 Å². The zero-order chi connectivity index (χ0) is 22.6. The monoisotopic (exact) mass is 442 g/mol. The average Bonchev–Trinajstić information content (AvgIpc) is 3.15. The normalized spacial score (nSPS) is 22.5. The molecule has 1 rings (SSSR count). The van der Waals surface area contributed by atoms with Crippen LogP contribution in [0.4, 0.5) is 0 Å². The first-order valence-corrected chi connectivity index (χ1v) is 13.1. The molecule has 0 saturated carbocycles. The zero-order valence-electron chi connectivity index (χ0n) is 20.1. The lowest BCUT2D eigenvalue weighted by molar-refractivity contribution is -0.0730. The molecule has 31 heavy (non-hydrogen) atoms. The standard InChI is InChI=1S/C26H50O5/c1-2-3-4-5-6-7-8-9-10-11-12-13-14-15-16-17-18-19-20-30-24-22-31-26(25(24)29)23(28)21-27/h4-5,23-29H,2-3,6-22H2,1H3/b5-4+/t23-,24+,25-,26-/m1/s1. The minimum absolute atomic E-state index is 0.277. The van der Waals surface area contributed by atoms with E-state index in [1.54, 1.807) is 0 Å². The Morgan fingerprint density at radius 2 is 1.35 bits per heavy atom. The number of hydrogen-bond acceptors (Lipinski definition) is 5. The van der Waals surface area contributed by atoms with Crippen LogP contribution in [-0.4, -0.2) is 59.6 Å². The summed E-state index contributed by atoms with van der Waals surface area (Å²) in [5.74, 6) is 0. The summed E-state index contributed by atoms with van der Waals surface area (Å²) in [6, 6.07) is 0. The van der Waals surface area contributed by atoms with Gasteiger partial charge >= 0.3 is 0 Å². The van der Waals surface area contributed by atoms with Crippen molar-refractivity contribution in [2.45, 2.75) is 134 Å². The summed E-state index contributed by atoms with van der Waals surface area (Å²) in [6.07, 6.45) is 22.5. The van der Waals surface area contributed by atoms with Crippen LogP contribution in [0, 0.1) is 0 Å². The van der Waals surface area contributed by atoms with Crippen LogP contribution in [0.25, 0.3) is 0 Å². The van der Waals surface area contributed by atoms with Crippen LogP contribution in [0.3, 0.4) is 0 Å². The fourth-order valence-electron chi connectivity index (χ4n) is 4.15. The van der Waals surface area contributed by atoms with E-state index in [9.17, 15) is 10.2 Å². The number of allylic oxidation sites excluding steroid dienone is 2. The second kappa shape index (κ2) is 20.2. The Kier molecular flexibility index (Phi) is 18.6. The van der Waals surface area contributed by atoms with Crippen molar-refractivity contribution < 1.29 is 24.8 Å². The topological polar surface area (TPSA) is 79.2 Å². The van der Waals surface area contributed by atoms with E-state index in [1.807, 2.05) is 0 Å². The highest BCUT2D eigenvalue weighted by atomic mass is 16.6. The summed E-state index contributed by atoms with van der Waals surface area (Å²) in [5.41, 5.74) is 0. The van der Waals surface area contributed by atoms with Crippen LogP contribution in [0.1, 0.15) is 110 Å². The van der Waals surface area contributed by atoms with Gasteiger partial charge in [-0.2, -0.15) is 0 Å². The summed E-state index contributed by atoms with van der Waals surface area (Å²) in [4.78, 5) is 0. The molecule has 0 unspecified atom stereocenters. The van der Waals surface area contributed by atoms with Gasteiger partial charge in [0.1, 0.15) is 24.4 Å². The van der Waals surface area contributed by atoms with Gasteiger partial charge in [0.2, 0.25) is 0 Å². The van der Waals surface area contributed by atoms with Crippen LogP contribution >= 0.6 is 0 Å². The highest BCUT2D eigenvalue weighted by Crippen LogP contribution is 2.20. The van der Waals surface area contributed by atoms with Gasteiger partial charge in [0.25, 0.3) is 0 Å². The van der Waals surface area contributed by atoms with Gasteiger partial charge in [0.15, 0.2) is 0 Å². The molecule has 0 aromatic carbocycles. The fraction of sp³-hybridized carbons (Fsp3) is 0.923. The maximum absolute atomic E-state index is 10.1. The zero-order valence-corrected chi connectivity index (χ0v) is 20.1. The van der Waals surface area contributed by atoms with Crippen molar-refractivity contribution in [1.82, 2.24) is 0 Å². The average molecular weight is 443 g/mol. The van der Waals surface area contributed by atoms with Gasteiger partial charge in [0, 0.05) is 6.61 Å². The number of unbranched alkanes of at least 4 members (excludes halogenated alkanes) is 14. The molecule has 0 aliphatic carbocycles. The molecule has 0 bridgehead atoms. The molecule has 1 heterocycles. The van der Waals surface area contributed by atoms with Gasteiger partial charge in [0.05, 0.1) is 13.2 Å². The van der Waals surface area contributed by atoms with E-state index in [0.29, 0.717) is 6.61 Å². The minimum Gasteiger partial charge on any atom is -0.394 e. The van der Waals surface area contributed by atoms with Gasteiger partial charge in [-0.25, -0.2) is 0 Å². The van der Waals surface area contributed by atoms with Crippen molar-refractivity contribution >= 4 is 0 Å². The third-order valence-electron chi connectivity index (χ3n) is 6.21. The molecule has 4 atom stereocenters. The minimum atomic E-state index is -1.05. The van der Waals surface area contributed by atoms with Crippen LogP contribution in [0.2, 0.25) is 0 Å². The molecular formula is C26H50O5. The molecule has 1 aliphatic rings. The van der Waals surface area contributed by atoms with Crippen molar-refractivity contribution in [2.75, 3.05) is 19.8 Å². The molecule has 3 N–H and O–H groups in total. The molecule has 5 nitrogen and oxygen atoms in total. The Morgan fingerprint density at radius 3 is 1.90 bits per heavy atom. The Balaban J connectivity index is 1.78. The molecule has 5 heteroatoms. The Labute approximate surface area is 191 Å². The van der Waals surface area contributed by atoms with Crippen molar-refractivity contribution in [2.24, 2.45) is 0 Å². The molecule has 1 aliphatic heterocycles. The summed E-state index contributed by atoms with van der Waals surface area (Å²) < 4.78 is 11.0. The van der Waals surface area contributed by atoms with Gasteiger partial charge < -0.3 is 24.8 Å². The Morgan fingerprint density at radius 1 is 0.839 bits per heavy atom. The smallest absolute Gasteiger partial charge is 0.114 e. The molecule has 1 saturated heterocycles. The number of aliphatic hydroxyl groups excluding tert-OH is 3. The maximum atomic E-state index is 10.1. The summed E-state index contributed by atoms with van der Waals surface area (Å²) in [5, 5.41) is 28.6. The van der Waals surface area contributed by atoms with E-state index in [-0.39, 0.29) is 6.61 Å². The lowest BCUT2D eigenvalue weighted by Crippen LogP contribution is -2.41. The second-order valence-electron chi connectivity index (χ2n) is 9.09. The Bertz CT molecular complexity index is 415. The SMILES string of the molecule is CCC/C=C/CCCCCCCCCCCCCCCO[C@H]1CO[C@H]([C@H](O)CO)[C@@H]1O. The molecule has 184 valence electrons. The van der Waals surface area contributed by atoms with Crippen molar-refractivity contribution in [1.29, 1.82) is 0 Å². The van der Waals surface area contributed by atoms with Crippen LogP contribution in [0.5, 0.6) is 0 Å². The first-order valence-electron chi connectivity index (χ1n) is 13.1. The number of rotatable bonds is 21. The van der Waals surface area contributed by atoms with Gasteiger partial charge in [-0.1, -0.05) is 96.1 Å². The second-order valence-corrected chi connectivity index (χ2v) is 9.09. The first kappa shape index (κ1) is 28.6. The van der Waals surface area contributed by atoms with Crippen molar-refractivity contribution in [3.8, 4) is 0 Å². The van der Waals surface area contributed by atoms with Gasteiger partial charge in [-0.05, 0) is 25.7 Å². The molecular weight excluding hydrogens is 392 g/mol. The molecule has 0 spiro atoms. The van der Waals surface area contributed by atoms with E-state index in [4.69, 9.17) is 14.6 Å². The third-order valence-corrected chi connectivity index (χ3v) is 6.21. The van der Waals surface area contributed by atoms with Crippen molar-refractivity contribution in [3.05, 3.63) is 12.2 Å². The predicted octanol–water partition coefficient (Wildman–Crippen LogP) is 5.30. The van der Waals surface area contributed by atoms with Gasteiger partial charge in [-0.3, -0.25) is 0 Å².